The quantitative estimate of drug-likeness (QED) is 0.744. The highest BCUT2D eigenvalue weighted by molar-refractivity contribution is 7.13. The van der Waals surface area contributed by atoms with Gasteiger partial charge in [0.15, 0.2) is 0 Å². The van der Waals surface area contributed by atoms with Crippen LogP contribution in [0.3, 0.4) is 0 Å². The van der Waals surface area contributed by atoms with Crippen molar-refractivity contribution in [2.24, 2.45) is 5.92 Å². The Labute approximate surface area is 90.3 Å². The fourth-order valence-electron chi connectivity index (χ4n) is 0.985. The van der Waals surface area contributed by atoms with Gasteiger partial charge in [0.25, 0.3) is 5.19 Å². The molecule has 14 heavy (non-hydrogen) atoms. The molecule has 1 rings (SSSR count). The predicted molar refractivity (Wildman–Crippen MR) is 61.2 cm³/mol. The van der Waals surface area contributed by atoms with E-state index in [1.165, 1.54) is 4.88 Å². The fraction of sp³-hybridized carbons (Fsp3) is 0.727. The van der Waals surface area contributed by atoms with Crippen LogP contribution in [0.5, 0.6) is 5.19 Å². The summed E-state index contributed by atoms with van der Waals surface area (Å²) in [7, 11) is 0. The summed E-state index contributed by atoms with van der Waals surface area (Å²) in [5.41, 5.74) is 0. The second-order valence-electron chi connectivity index (χ2n) is 4.21. The Morgan fingerprint density at radius 2 is 2.07 bits per heavy atom. The lowest BCUT2D eigenvalue weighted by Gasteiger charge is -2.04. The van der Waals surface area contributed by atoms with Gasteiger partial charge < -0.3 is 4.74 Å². The summed E-state index contributed by atoms with van der Waals surface area (Å²) < 4.78 is 5.56. The minimum Gasteiger partial charge on any atom is -0.470 e. The highest BCUT2D eigenvalue weighted by atomic mass is 32.1. The van der Waals surface area contributed by atoms with Crippen molar-refractivity contribution in [3.8, 4) is 5.19 Å². The molecule has 0 unspecified atom stereocenters. The van der Waals surface area contributed by atoms with Crippen LogP contribution in [0.2, 0.25) is 0 Å². The number of aromatic nitrogens is 1. The Morgan fingerprint density at radius 1 is 1.36 bits per heavy atom. The maximum absolute atomic E-state index is 5.56. The van der Waals surface area contributed by atoms with Gasteiger partial charge in [0.1, 0.15) is 0 Å². The van der Waals surface area contributed by atoms with Crippen LogP contribution in [0, 0.1) is 5.92 Å². The standard InChI is InChI=1S/C11H19NOS/c1-8(2)5-6-13-11-12-7-10(14-11)9(3)4/h7-9H,5-6H2,1-4H3. The molecule has 0 radical (unpaired) electrons. The fourth-order valence-corrected chi connectivity index (χ4v) is 1.78. The zero-order valence-corrected chi connectivity index (χ0v) is 10.2. The summed E-state index contributed by atoms with van der Waals surface area (Å²) >= 11 is 1.66. The lowest BCUT2D eigenvalue weighted by Crippen LogP contribution is -2.00. The van der Waals surface area contributed by atoms with Gasteiger partial charge in [-0.15, -0.1) is 0 Å². The first-order valence-corrected chi connectivity index (χ1v) is 5.99. The minimum absolute atomic E-state index is 0.551. The van der Waals surface area contributed by atoms with Gasteiger partial charge in [-0.1, -0.05) is 39.0 Å². The third-order valence-corrected chi connectivity index (χ3v) is 3.20. The van der Waals surface area contributed by atoms with Crippen molar-refractivity contribution in [3.05, 3.63) is 11.1 Å². The Balaban J connectivity index is 2.36. The van der Waals surface area contributed by atoms with Gasteiger partial charge >= 0.3 is 0 Å². The lowest BCUT2D eigenvalue weighted by atomic mass is 10.1. The zero-order valence-electron chi connectivity index (χ0n) is 9.41. The van der Waals surface area contributed by atoms with E-state index in [4.69, 9.17) is 4.74 Å². The molecule has 0 saturated heterocycles. The molecule has 1 aromatic heterocycles. The van der Waals surface area contributed by atoms with Crippen LogP contribution in [0.1, 0.15) is 44.9 Å². The number of rotatable bonds is 5. The maximum Gasteiger partial charge on any atom is 0.273 e. The van der Waals surface area contributed by atoms with Crippen molar-refractivity contribution >= 4 is 11.3 Å². The summed E-state index contributed by atoms with van der Waals surface area (Å²) in [6.07, 6.45) is 3.01. The molecule has 0 aliphatic rings. The van der Waals surface area contributed by atoms with E-state index in [2.05, 4.69) is 32.7 Å². The highest BCUT2D eigenvalue weighted by Crippen LogP contribution is 2.26. The SMILES string of the molecule is CC(C)CCOc1ncc(C(C)C)s1. The molecular weight excluding hydrogens is 194 g/mol. The molecule has 0 aromatic carbocycles. The van der Waals surface area contributed by atoms with Crippen LogP contribution in [-0.4, -0.2) is 11.6 Å². The summed E-state index contributed by atoms with van der Waals surface area (Å²) in [5.74, 6) is 1.24. The van der Waals surface area contributed by atoms with Gasteiger partial charge in [0.2, 0.25) is 0 Å². The van der Waals surface area contributed by atoms with Crippen LogP contribution >= 0.6 is 11.3 Å². The monoisotopic (exact) mass is 213 g/mol. The van der Waals surface area contributed by atoms with Gasteiger partial charge in [-0.25, -0.2) is 4.98 Å². The second kappa shape index (κ2) is 5.35. The molecule has 0 spiro atoms. The van der Waals surface area contributed by atoms with Crippen molar-refractivity contribution in [1.82, 2.24) is 4.98 Å². The van der Waals surface area contributed by atoms with E-state index in [0.717, 1.165) is 18.2 Å². The zero-order chi connectivity index (χ0) is 10.6. The first kappa shape index (κ1) is 11.5. The molecule has 0 N–H and O–H groups in total. The van der Waals surface area contributed by atoms with Gasteiger partial charge in [-0.3, -0.25) is 0 Å². The topological polar surface area (TPSA) is 22.1 Å². The summed E-state index contributed by atoms with van der Waals surface area (Å²) in [6.45, 7) is 9.52. The lowest BCUT2D eigenvalue weighted by molar-refractivity contribution is 0.288. The molecule has 1 heterocycles. The molecule has 1 aromatic rings. The molecule has 0 bridgehead atoms. The Morgan fingerprint density at radius 3 is 2.57 bits per heavy atom. The second-order valence-corrected chi connectivity index (χ2v) is 5.24. The van der Waals surface area contributed by atoms with E-state index in [1.807, 2.05) is 6.20 Å². The molecule has 80 valence electrons. The third kappa shape index (κ3) is 3.66. The van der Waals surface area contributed by atoms with E-state index in [0.29, 0.717) is 11.8 Å². The molecule has 0 saturated carbocycles. The largest absolute Gasteiger partial charge is 0.470 e. The van der Waals surface area contributed by atoms with Gasteiger partial charge in [-0.05, 0) is 18.3 Å². The van der Waals surface area contributed by atoms with Crippen molar-refractivity contribution in [1.29, 1.82) is 0 Å². The van der Waals surface area contributed by atoms with Crippen LogP contribution in [0.25, 0.3) is 0 Å². The molecule has 0 aliphatic carbocycles. The molecule has 0 aliphatic heterocycles. The van der Waals surface area contributed by atoms with Crippen molar-refractivity contribution in [2.75, 3.05) is 6.61 Å². The average Bonchev–Trinajstić information content (AvgIpc) is 2.52. The van der Waals surface area contributed by atoms with Crippen LogP contribution < -0.4 is 4.74 Å². The van der Waals surface area contributed by atoms with E-state index in [9.17, 15) is 0 Å². The Hall–Kier alpha value is -0.570. The van der Waals surface area contributed by atoms with Crippen molar-refractivity contribution in [3.63, 3.8) is 0 Å². The average molecular weight is 213 g/mol. The van der Waals surface area contributed by atoms with Crippen LogP contribution in [0.4, 0.5) is 0 Å². The van der Waals surface area contributed by atoms with Gasteiger partial charge in [0, 0.05) is 11.1 Å². The van der Waals surface area contributed by atoms with Crippen LogP contribution in [-0.2, 0) is 0 Å². The number of nitrogens with zero attached hydrogens (tertiary/aromatic N) is 1. The number of ether oxygens (including phenoxy) is 1. The smallest absolute Gasteiger partial charge is 0.273 e. The highest BCUT2D eigenvalue weighted by Gasteiger charge is 2.06. The van der Waals surface area contributed by atoms with E-state index >= 15 is 0 Å². The van der Waals surface area contributed by atoms with Gasteiger partial charge in [-0.2, -0.15) is 0 Å². The number of thiazole rings is 1. The minimum atomic E-state index is 0.551. The maximum atomic E-state index is 5.56. The van der Waals surface area contributed by atoms with E-state index < -0.39 is 0 Å². The molecule has 0 amide bonds. The van der Waals surface area contributed by atoms with E-state index in [-0.39, 0.29) is 0 Å². The molecule has 3 heteroatoms. The predicted octanol–water partition coefficient (Wildman–Crippen LogP) is 3.69. The third-order valence-electron chi connectivity index (χ3n) is 1.99. The summed E-state index contributed by atoms with van der Waals surface area (Å²) in [6, 6.07) is 0. The normalized spacial score (nSPS) is 11.3. The molecule has 0 atom stereocenters. The molecule has 0 fully saturated rings. The number of hydrogen-bond acceptors (Lipinski definition) is 3. The van der Waals surface area contributed by atoms with E-state index in [1.54, 1.807) is 11.3 Å². The first-order valence-electron chi connectivity index (χ1n) is 5.18. The first-order chi connectivity index (χ1) is 6.59. The van der Waals surface area contributed by atoms with Crippen molar-refractivity contribution in [2.45, 2.75) is 40.0 Å². The summed E-state index contributed by atoms with van der Waals surface area (Å²) in [5, 5.41) is 0.814. The number of hydrogen-bond donors (Lipinski definition) is 0. The Kier molecular flexibility index (Phi) is 4.39. The van der Waals surface area contributed by atoms with Crippen molar-refractivity contribution < 1.29 is 4.74 Å². The summed E-state index contributed by atoms with van der Waals surface area (Å²) in [4.78, 5) is 5.53. The molecule has 2 nitrogen and oxygen atoms in total. The Bertz CT molecular complexity index is 268. The molecular formula is C11H19NOS. The van der Waals surface area contributed by atoms with Gasteiger partial charge in [0.05, 0.1) is 6.61 Å². The van der Waals surface area contributed by atoms with Crippen LogP contribution in [0.15, 0.2) is 6.20 Å².